The maximum absolute atomic E-state index is 5.12. The van der Waals surface area contributed by atoms with E-state index in [2.05, 4.69) is 126 Å². The van der Waals surface area contributed by atoms with Crippen LogP contribution in [-0.4, -0.2) is 15.0 Å². The highest BCUT2D eigenvalue weighted by Crippen LogP contribution is 2.49. The molecular formula is C43H27N3. The normalized spacial score (nSPS) is 11.5. The van der Waals surface area contributed by atoms with Crippen molar-refractivity contribution >= 4 is 10.8 Å². The van der Waals surface area contributed by atoms with E-state index in [1.54, 1.807) is 0 Å². The molecule has 8 aromatic rings. The predicted molar refractivity (Wildman–Crippen MR) is 189 cm³/mol. The largest absolute Gasteiger partial charge is 0.265 e. The molecule has 9 rings (SSSR count). The molecular weight excluding hydrogens is 558 g/mol. The molecule has 214 valence electrons. The van der Waals surface area contributed by atoms with Crippen molar-refractivity contribution in [1.82, 2.24) is 15.0 Å². The SMILES string of the molecule is c1ccc(-c2cc(-c3ccc(-c4ccc5c6c(cccc46)-c4ccccc4-5)cc3)nc(-c3cccc(-c4ccncc4)c3)n2)cc1. The van der Waals surface area contributed by atoms with E-state index in [9.17, 15) is 0 Å². The van der Waals surface area contributed by atoms with Crippen LogP contribution in [-0.2, 0) is 0 Å². The highest BCUT2D eigenvalue weighted by Gasteiger charge is 2.22. The number of hydrogen-bond donors (Lipinski definition) is 0. The van der Waals surface area contributed by atoms with Gasteiger partial charge in [0, 0.05) is 29.1 Å². The second-order valence-electron chi connectivity index (χ2n) is 11.7. The van der Waals surface area contributed by atoms with Gasteiger partial charge < -0.3 is 0 Å². The van der Waals surface area contributed by atoms with E-state index >= 15 is 0 Å². The lowest BCUT2D eigenvalue weighted by Gasteiger charge is -2.12. The molecule has 2 heterocycles. The van der Waals surface area contributed by atoms with Crippen LogP contribution >= 0.6 is 0 Å². The molecule has 3 heteroatoms. The number of rotatable bonds is 5. The van der Waals surface area contributed by atoms with Crippen LogP contribution in [0.2, 0.25) is 0 Å². The summed E-state index contributed by atoms with van der Waals surface area (Å²) in [7, 11) is 0. The molecule has 0 N–H and O–H groups in total. The van der Waals surface area contributed by atoms with Gasteiger partial charge in [0.2, 0.25) is 0 Å². The Morgan fingerprint density at radius 3 is 1.65 bits per heavy atom. The first kappa shape index (κ1) is 26.2. The van der Waals surface area contributed by atoms with Crippen LogP contribution in [0.3, 0.4) is 0 Å². The van der Waals surface area contributed by atoms with Crippen LogP contribution in [0, 0.1) is 0 Å². The summed E-state index contributed by atoms with van der Waals surface area (Å²) in [5.74, 6) is 0.698. The van der Waals surface area contributed by atoms with Gasteiger partial charge in [-0.15, -0.1) is 0 Å². The molecule has 0 saturated carbocycles. The monoisotopic (exact) mass is 585 g/mol. The van der Waals surface area contributed by atoms with Crippen molar-refractivity contribution < 1.29 is 0 Å². The maximum Gasteiger partial charge on any atom is 0.160 e. The average molecular weight is 586 g/mol. The third kappa shape index (κ3) is 4.41. The predicted octanol–water partition coefficient (Wildman–Crippen LogP) is 11.0. The van der Waals surface area contributed by atoms with E-state index in [1.807, 2.05) is 42.7 Å². The molecule has 6 aromatic carbocycles. The van der Waals surface area contributed by atoms with Gasteiger partial charge in [-0.05, 0) is 79.5 Å². The zero-order valence-corrected chi connectivity index (χ0v) is 24.9. The van der Waals surface area contributed by atoms with E-state index in [-0.39, 0.29) is 0 Å². The molecule has 1 aliphatic rings. The van der Waals surface area contributed by atoms with Crippen LogP contribution in [0.25, 0.3) is 89.2 Å². The first-order valence-corrected chi connectivity index (χ1v) is 15.5. The van der Waals surface area contributed by atoms with Gasteiger partial charge in [-0.1, -0.05) is 127 Å². The van der Waals surface area contributed by atoms with Gasteiger partial charge in [-0.2, -0.15) is 0 Å². The Kier molecular flexibility index (Phi) is 6.14. The molecule has 0 atom stereocenters. The summed E-state index contributed by atoms with van der Waals surface area (Å²) in [6.07, 6.45) is 3.64. The van der Waals surface area contributed by atoms with E-state index in [0.717, 1.165) is 39.2 Å². The Morgan fingerprint density at radius 2 is 0.891 bits per heavy atom. The maximum atomic E-state index is 5.12. The number of hydrogen-bond acceptors (Lipinski definition) is 3. The van der Waals surface area contributed by atoms with Gasteiger partial charge in [-0.25, -0.2) is 9.97 Å². The third-order valence-corrected chi connectivity index (χ3v) is 8.97. The molecule has 0 radical (unpaired) electrons. The van der Waals surface area contributed by atoms with Gasteiger partial charge >= 0.3 is 0 Å². The van der Waals surface area contributed by atoms with Crippen molar-refractivity contribution in [3.8, 4) is 78.4 Å². The average Bonchev–Trinajstić information content (AvgIpc) is 3.47. The van der Waals surface area contributed by atoms with Crippen molar-refractivity contribution in [3.63, 3.8) is 0 Å². The fourth-order valence-corrected chi connectivity index (χ4v) is 6.74. The zero-order chi connectivity index (χ0) is 30.5. The lowest BCUT2D eigenvalue weighted by atomic mass is 9.93. The Bertz CT molecular complexity index is 2370. The Balaban J connectivity index is 1.14. The first-order valence-electron chi connectivity index (χ1n) is 15.5. The minimum atomic E-state index is 0.698. The number of fused-ring (bicyclic) bond motifs is 3. The molecule has 0 unspecified atom stereocenters. The summed E-state index contributed by atoms with van der Waals surface area (Å²) in [5.41, 5.74) is 14.8. The number of nitrogens with zero attached hydrogens (tertiary/aromatic N) is 3. The second kappa shape index (κ2) is 10.8. The summed E-state index contributed by atoms with van der Waals surface area (Å²) in [6, 6.07) is 53.6. The highest BCUT2D eigenvalue weighted by atomic mass is 14.9. The fourth-order valence-electron chi connectivity index (χ4n) is 6.74. The molecule has 3 nitrogen and oxygen atoms in total. The van der Waals surface area contributed by atoms with Crippen LogP contribution in [0.4, 0.5) is 0 Å². The molecule has 0 aliphatic heterocycles. The molecule has 0 bridgehead atoms. The minimum Gasteiger partial charge on any atom is -0.265 e. The van der Waals surface area contributed by atoms with Crippen molar-refractivity contribution in [2.24, 2.45) is 0 Å². The van der Waals surface area contributed by atoms with Crippen LogP contribution < -0.4 is 0 Å². The lowest BCUT2D eigenvalue weighted by Crippen LogP contribution is -1.96. The van der Waals surface area contributed by atoms with Crippen LogP contribution in [0.15, 0.2) is 164 Å². The van der Waals surface area contributed by atoms with Crippen molar-refractivity contribution in [1.29, 1.82) is 0 Å². The minimum absolute atomic E-state index is 0.698. The van der Waals surface area contributed by atoms with Crippen molar-refractivity contribution in [2.45, 2.75) is 0 Å². The number of pyridine rings is 1. The van der Waals surface area contributed by atoms with E-state index < -0.39 is 0 Å². The summed E-state index contributed by atoms with van der Waals surface area (Å²) < 4.78 is 0. The number of aromatic nitrogens is 3. The first-order chi connectivity index (χ1) is 22.8. The quantitative estimate of drug-likeness (QED) is 0.202. The zero-order valence-electron chi connectivity index (χ0n) is 24.9. The second-order valence-corrected chi connectivity index (χ2v) is 11.7. The molecule has 0 spiro atoms. The highest BCUT2D eigenvalue weighted by molar-refractivity contribution is 6.18. The lowest BCUT2D eigenvalue weighted by molar-refractivity contribution is 1.18. The van der Waals surface area contributed by atoms with E-state index in [0.29, 0.717) is 5.82 Å². The third-order valence-electron chi connectivity index (χ3n) is 8.97. The van der Waals surface area contributed by atoms with Gasteiger partial charge in [0.05, 0.1) is 11.4 Å². The van der Waals surface area contributed by atoms with Crippen LogP contribution in [0.5, 0.6) is 0 Å². The van der Waals surface area contributed by atoms with Gasteiger partial charge in [0.1, 0.15) is 0 Å². The summed E-state index contributed by atoms with van der Waals surface area (Å²) in [6.45, 7) is 0. The summed E-state index contributed by atoms with van der Waals surface area (Å²) >= 11 is 0. The topological polar surface area (TPSA) is 38.7 Å². The molecule has 46 heavy (non-hydrogen) atoms. The molecule has 0 saturated heterocycles. The van der Waals surface area contributed by atoms with Crippen molar-refractivity contribution in [3.05, 3.63) is 164 Å². The molecule has 0 amide bonds. The van der Waals surface area contributed by atoms with Gasteiger partial charge in [0.25, 0.3) is 0 Å². The van der Waals surface area contributed by atoms with Gasteiger partial charge in [0.15, 0.2) is 5.82 Å². The summed E-state index contributed by atoms with van der Waals surface area (Å²) in [5, 5.41) is 2.62. The van der Waals surface area contributed by atoms with Crippen LogP contribution in [0.1, 0.15) is 0 Å². The van der Waals surface area contributed by atoms with E-state index in [4.69, 9.17) is 9.97 Å². The number of benzene rings is 6. The van der Waals surface area contributed by atoms with E-state index in [1.165, 1.54) is 44.2 Å². The standard InChI is InChI=1S/C43H27N3/c1-2-8-30(9-3-1)40-27-41(46-43(45-40)33-11-6-10-32(26-33)28-22-24-44-25-23-28)31-18-16-29(17-19-31)34-20-21-39-36-13-5-4-12-35(36)38-15-7-14-37(34)42(38)39/h1-27H. The Labute approximate surface area is 267 Å². The van der Waals surface area contributed by atoms with Crippen molar-refractivity contribution in [2.75, 3.05) is 0 Å². The molecule has 1 aliphatic carbocycles. The fraction of sp³-hybridized carbons (Fsp3) is 0. The van der Waals surface area contributed by atoms with Gasteiger partial charge in [-0.3, -0.25) is 4.98 Å². The smallest absolute Gasteiger partial charge is 0.160 e. The Hall–Kier alpha value is -6.19. The molecule has 2 aromatic heterocycles. The molecule has 0 fully saturated rings. The summed E-state index contributed by atoms with van der Waals surface area (Å²) in [4.78, 5) is 14.3. The Morgan fingerprint density at radius 1 is 0.326 bits per heavy atom.